The topological polar surface area (TPSA) is 46.0 Å². The first kappa shape index (κ1) is 20.9. The van der Waals surface area contributed by atoms with E-state index in [0.717, 1.165) is 39.4 Å². The van der Waals surface area contributed by atoms with Crippen LogP contribution in [0.15, 0.2) is 89.2 Å². The molecule has 0 saturated carbocycles. The fourth-order valence-electron chi connectivity index (χ4n) is 2.62. The van der Waals surface area contributed by atoms with Crippen molar-refractivity contribution in [1.82, 2.24) is 5.32 Å². The van der Waals surface area contributed by atoms with Gasteiger partial charge in [0.15, 0.2) is 0 Å². The predicted molar refractivity (Wildman–Crippen MR) is 120 cm³/mol. The third-order valence-corrected chi connectivity index (χ3v) is 4.29. The van der Waals surface area contributed by atoms with Gasteiger partial charge >= 0.3 is 0 Å². The van der Waals surface area contributed by atoms with Crippen LogP contribution in [0.1, 0.15) is 18.1 Å². The first-order chi connectivity index (χ1) is 13.5. The molecule has 2 rings (SSSR count). The highest BCUT2D eigenvalue weighted by atomic mass is 16.5. The molecular weight excluding hydrogens is 346 g/mol. The van der Waals surface area contributed by atoms with Crippen LogP contribution in [0, 0.1) is 6.92 Å². The molecule has 2 aromatic carbocycles. The number of rotatable bonds is 7. The Morgan fingerprint density at radius 2 is 1.89 bits per heavy atom. The van der Waals surface area contributed by atoms with Crippen LogP contribution in [-0.4, -0.2) is 26.2 Å². The summed E-state index contributed by atoms with van der Waals surface area (Å²) in [4.78, 5) is 8.83. The lowest BCUT2D eigenvalue weighted by atomic mass is 9.99. The van der Waals surface area contributed by atoms with Crippen LogP contribution in [0.3, 0.4) is 0 Å². The lowest BCUT2D eigenvalue weighted by Gasteiger charge is -2.13. The monoisotopic (exact) mass is 373 g/mol. The highest BCUT2D eigenvalue weighted by Gasteiger charge is 2.09. The number of allylic oxidation sites excluding steroid dienone is 2. The molecule has 0 saturated heterocycles. The van der Waals surface area contributed by atoms with E-state index in [2.05, 4.69) is 54.7 Å². The normalized spacial score (nSPS) is 12.1. The van der Waals surface area contributed by atoms with Gasteiger partial charge in [-0.25, -0.2) is 4.99 Å². The smallest absolute Gasteiger partial charge is 0.133 e. The summed E-state index contributed by atoms with van der Waals surface area (Å²) in [5.74, 6) is 1.59. The lowest BCUT2D eigenvalue weighted by molar-refractivity contribution is 0.415. The maximum absolute atomic E-state index is 5.35. The number of amidine groups is 1. The van der Waals surface area contributed by atoms with E-state index in [0.29, 0.717) is 5.70 Å². The summed E-state index contributed by atoms with van der Waals surface area (Å²) in [7, 11) is 3.53. The van der Waals surface area contributed by atoms with Gasteiger partial charge in [0.05, 0.1) is 12.8 Å². The zero-order valence-electron chi connectivity index (χ0n) is 17.0. The Kier molecular flexibility index (Phi) is 7.52. The van der Waals surface area contributed by atoms with Gasteiger partial charge in [-0.1, -0.05) is 43.5 Å². The molecule has 2 aromatic rings. The van der Waals surface area contributed by atoms with E-state index in [1.807, 2.05) is 32.2 Å². The second-order valence-corrected chi connectivity index (χ2v) is 6.26. The lowest BCUT2D eigenvalue weighted by Crippen LogP contribution is -2.21. The molecule has 0 amide bonds. The van der Waals surface area contributed by atoms with Crippen LogP contribution in [0.5, 0.6) is 5.75 Å². The molecule has 0 unspecified atom stereocenters. The molecule has 0 aliphatic rings. The maximum Gasteiger partial charge on any atom is 0.133 e. The quantitative estimate of drug-likeness (QED) is 0.406. The Morgan fingerprint density at radius 3 is 2.57 bits per heavy atom. The van der Waals surface area contributed by atoms with E-state index >= 15 is 0 Å². The molecule has 28 heavy (non-hydrogen) atoms. The molecule has 0 radical (unpaired) electrons. The summed E-state index contributed by atoms with van der Waals surface area (Å²) >= 11 is 0. The van der Waals surface area contributed by atoms with Crippen molar-refractivity contribution < 1.29 is 4.74 Å². The van der Waals surface area contributed by atoms with Gasteiger partial charge in [0.1, 0.15) is 11.6 Å². The van der Waals surface area contributed by atoms with Gasteiger partial charge < -0.3 is 10.1 Å². The molecule has 4 nitrogen and oxygen atoms in total. The van der Waals surface area contributed by atoms with Crippen molar-refractivity contribution in [2.45, 2.75) is 13.8 Å². The second-order valence-electron chi connectivity index (χ2n) is 6.26. The van der Waals surface area contributed by atoms with Crippen molar-refractivity contribution in [3.63, 3.8) is 0 Å². The van der Waals surface area contributed by atoms with Crippen molar-refractivity contribution in [1.29, 1.82) is 0 Å². The van der Waals surface area contributed by atoms with E-state index in [9.17, 15) is 0 Å². The van der Waals surface area contributed by atoms with E-state index in [1.165, 1.54) is 0 Å². The van der Waals surface area contributed by atoms with Gasteiger partial charge in [0.25, 0.3) is 0 Å². The fourth-order valence-corrected chi connectivity index (χ4v) is 2.62. The van der Waals surface area contributed by atoms with Crippen LogP contribution < -0.4 is 10.1 Å². The Labute approximate surface area is 167 Å². The van der Waals surface area contributed by atoms with Gasteiger partial charge in [-0.3, -0.25) is 4.99 Å². The number of ether oxygens (including phenoxy) is 1. The zero-order valence-corrected chi connectivity index (χ0v) is 17.0. The van der Waals surface area contributed by atoms with E-state index in [1.54, 1.807) is 25.6 Å². The Morgan fingerprint density at radius 1 is 1.14 bits per heavy atom. The molecule has 4 heteroatoms. The Hall–Kier alpha value is -3.40. The number of hydrogen-bond donors (Lipinski definition) is 1. The molecule has 0 aliphatic carbocycles. The molecule has 0 fully saturated rings. The van der Waals surface area contributed by atoms with Gasteiger partial charge in [0.2, 0.25) is 0 Å². The molecule has 0 aromatic heterocycles. The summed E-state index contributed by atoms with van der Waals surface area (Å²) in [6.07, 6.45) is 4.98. The maximum atomic E-state index is 5.35. The van der Waals surface area contributed by atoms with Crippen LogP contribution in [-0.2, 0) is 0 Å². The van der Waals surface area contributed by atoms with Crippen molar-refractivity contribution in [2.24, 2.45) is 9.98 Å². The molecule has 144 valence electrons. The first-order valence-corrected chi connectivity index (χ1v) is 9.02. The Balaban J connectivity index is 2.43. The third kappa shape index (κ3) is 5.30. The number of aryl methyl sites for hydroxylation is 1. The van der Waals surface area contributed by atoms with E-state index in [4.69, 9.17) is 9.73 Å². The van der Waals surface area contributed by atoms with Crippen LogP contribution in [0.2, 0.25) is 0 Å². The second kappa shape index (κ2) is 10.1. The van der Waals surface area contributed by atoms with Crippen LogP contribution >= 0.6 is 0 Å². The molecular formula is C24H27N3O. The third-order valence-electron chi connectivity index (χ3n) is 4.29. The fraction of sp³-hybridized carbons (Fsp3) is 0.167. The molecule has 1 N–H and O–H groups in total. The summed E-state index contributed by atoms with van der Waals surface area (Å²) < 4.78 is 5.35. The van der Waals surface area contributed by atoms with Crippen LogP contribution in [0.4, 0.5) is 0 Å². The number of benzene rings is 2. The number of hydrogen-bond acceptors (Lipinski definition) is 3. The van der Waals surface area contributed by atoms with Crippen molar-refractivity contribution >= 4 is 12.1 Å². The van der Waals surface area contributed by atoms with Crippen molar-refractivity contribution in [3.05, 3.63) is 90.3 Å². The number of aliphatic imine (C=N–C) groups is 2. The SMILES string of the molecule is C=C/C=N\C=C(/C)C(=C)/N=C(/NC)c1cc(-c2cccc(OC)c2)ccc1C. The van der Waals surface area contributed by atoms with E-state index in [-0.39, 0.29) is 0 Å². The number of nitrogens with one attached hydrogen (secondary N) is 1. The molecule has 0 bridgehead atoms. The minimum atomic E-state index is 0.650. The number of nitrogens with zero attached hydrogens (tertiary/aromatic N) is 2. The summed E-state index contributed by atoms with van der Waals surface area (Å²) in [6, 6.07) is 14.3. The number of methoxy groups -OCH3 is 1. The highest BCUT2D eigenvalue weighted by molar-refractivity contribution is 6.01. The largest absolute Gasteiger partial charge is 0.497 e. The first-order valence-electron chi connectivity index (χ1n) is 9.02. The van der Waals surface area contributed by atoms with E-state index < -0.39 is 0 Å². The van der Waals surface area contributed by atoms with Crippen molar-refractivity contribution in [2.75, 3.05) is 14.2 Å². The van der Waals surface area contributed by atoms with Crippen LogP contribution in [0.25, 0.3) is 11.1 Å². The Bertz CT molecular complexity index is 952. The zero-order chi connectivity index (χ0) is 20.5. The minimum Gasteiger partial charge on any atom is -0.497 e. The highest BCUT2D eigenvalue weighted by Crippen LogP contribution is 2.26. The molecule has 0 aliphatic heterocycles. The van der Waals surface area contributed by atoms with Gasteiger partial charge in [-0.15, -0.1) is 0 Å². The average molecular weight is 374 g/mol. The minimum absolute atomic E-state index is 0.650. The van der Waals surface area contributed by atoms with Gasteiger partial charge in [0, 0.05) is 25.0 Å². The van der Waals surface area contributed by atoms with Gasteiger partial charge in [-0.2, -0.15) is 0 Å². The summed E-state index contributed by atoms with van der Waals surface area (Å²) in [5.41, 5.74) is 5.86. The predicted octanol–water partition coefficient (Wildman–Crippen LogP) is 5.31. The van der Waals surface area contributed by atoms with Crippen molar-refractivity contribution in [3.8, 4) is 16.9 Å². The molecule has 0 spiro atoms. The molecule has 0 heterocycles. The summed E-state index contributed by atoms with van der Waals surface area (Å²) in [6.45, 7) is 11.7. The standard InChI is InChI=1S/C24H27N3O/c1-7-13-26-16-18(3)19(4)27-24(25-5)23-15-21(12-11-17(23)2)20-9-8-10-22(14-20)28-6/h7-16H,1,4H2,2-3,5-6H3,(H,25,27)/b18-16+,26-13-. The average Bonchev–Trinajstić information content (AvgIpc) is 2.72. The molecule has 0 atom stereocenters. The summed E-state index contributed by atoms with van der Waals surface area (Å²) in [5, 5.41) is 3.20. The van der Waals surface area contributed by atoms with Gasteiger partial charge in [-0.05, 0) is 54.3 Å².